The summed E-state index contributed by atoms with van der Waals surface area (Å²) in [6.07, 6.45) is -1.69. The van der Waals surface area contributed by atoms with E-state index in [2.05, 4.69) is 20.4 Å². The molecule has 0 spiro atoms. The molecule has 6 nitrogen and oxygen atoms in total. The maximum absolute atomic E-state index is 13.2. The minimum Gasteiger partial charge on any atom is -0.381 e. The molecule has 27 heavy (non-hydrogen) atoms. The van der Waals surface area contributed by atoms with Gasteiger partial charge < -0.3 is 10.1 Å². The van der Waals surface area contributed by atoms with Crippen LogP contribution in [0.15, 0.2) is 42.7 Å². The van der Waals surface area contributed by atoms with Crippen molar-refractivity contribution in [2.75, 3.05) is 18.5 Å². The molecule has 2 atom stereocenters. The number of alkyl halides is 3. The summed E-state index contributed by atoms with van der Waals surface area (Å²) in [5.41, 5.74) is -0.00968. The van der Waals surface area contributed by atoms with Crippen LogP contribution < -0.4 is 5.32 Å². The lowest BCUT2D eigenvalue weighted by molar-refractivity contribution is -0.141. The van der Waals surface area contributed by atoms with Gasteiger partial charge in [-0.15, -0.1) is 0 Å². The smallest absolute Gasteiger partial charge is 0.381 e. The monoisotopic (exact) mass is 377 g/mol. The number of benzene rings is 1. The van der Waals surface area contributed by atoms with Crippen molar-refractivity contribution < 1.29 is 17.9 Å². The van der Waals surface area contributed by atoms with Gasteiger partial charge in [-0.1, -0.05) is 30.3 Å². The van der Waals surface area contributed by atoms with Crippen LogP contribution in [0.25, 0.3) is 5.78 Å². The van der Waals surface area contributed by atoms with Crippen LogP contribution >= 0.6 is 0 Å². The first-order valence-electron chi connectivity index (χ1n) is 8.68. The molecule has 0 amide bonds. The van der Waals surface area contributed by atoms with Crippen LogP contribution in [0.1, 0.15) is 30.1 Å². The van der Waals surface area contributed by atoms with Crippen LogP contribution in [0.5, 0.6) is 0 Å². The van der Waals surface area contributed by atoms with Gasteiger partial charge in [-0.2, -0.15) is 27.8 Å². The SMILES string of the molecule is FC(F)(F)c1cc(NC(CC2CCOC2)c2ccccc2)n2ncnc2n1. The highest BCUT2D eigenvalue weighted by Crippen LogP contribution is 2.33. The third-order valence-corrected chi connectivity index (χ3v) is 4.66. The highest BCUT2D eigenvalue weighted by Gasteiger charge is 2.34. The lowest BCUT2D eigenvalue weighted by Gasteiger charge is -2.23. The van der Waals surface area contributed by atoms with Crippen molar-refractivity contribution in [1.82, 2.24) is 19.6 Å². The largest absolute Gasteiger partial charge is 0.433 e. The van der Waals surface area contributed by atoms with E-state index in [1.165, 1.54) is 10.8 Å². The van der Waals surface area contributed by atoms with Gasteiger partial charge in [-0.05, 0) is 24.3 Å². The zero-order valence-corrected chi connectivity index (χ0v) is 14.4. The van der Waals surface area contributed by atoms with E-state index in [0.717, 1.165) is 24.5 Å². The lowest BCUT2D eigenvalue weighted by atomic mass is 9.94. The van der Waals surface area contributed by atoms with Gasteiger partial charge in [0.15, 0.2) is 5.69 Å². The number of halogens is 3. The van der Waals surface area contributed by atoms with Crippen molar-refractivity contribution in [1.29, 1.82) is 0 Å². The fraction of sp³-hybridized carbons (Fsp3) is 0.389. The van der Waals surface area contributed by atoms with Gasteiger partial charge in [0, 0.05) is 19.3 Å². The number of aromatic nitrogens is 4. The first-order chi connectivity index (χ1) is 13.0. The van der Waals surface area contributed by atoms with E-state index < -0.39 is 11.9 Å². The van der Waals surface area contributed by atoms with Crippen LogP contribution in [0.4, 0.5) is 19.0 Å². The fourth-order valence-corrected chi connectivity index (χ4v) is 3.31. The van der Waals surface area contributed by atoms with E-state index in [-0.39, 0.29) is 17.6 Å². The van der Waals surface area contributed by atoms with Crippen LogP contribution in [-0.2, 0) is 10.9 Å². The number of ether oxygens (including phenoxy) is 1. The molecule has 1 fully saturated rings. The Morgan fingerprint density at radius 1 is 1.26 bits per heavy atom. The first-order valence-corrected chi connectivity index (χ1v) is 8.68. The van der Waals surface area contributed by atoms with Gasteiger partial charge >= 0.3 is 6.18 Å². The predicted octanol–water partition coefficient (Wildman–Crippen LogP) is 3.72. The van der Waals surface area contributed by atoms with E-state index >= 15 is 0 Å². The maximum atomic E-state index is 13.2. The highest BCUT2D eigenvalue weighted by molar-refractivity contribution is 5.47. The number of nitrogens with one attached hydrogen (secondary N) is 1. The number of hydrogen-bond donors (Lipinski definition) is 1. The minimum absolute atomic E-state index is 0.0941. The highest BCUT2D eigenvalue weighted by atomic mass is 19.4. The maximum Gasteiger partial charge on any atom is 0.433 e. The Morgan fingerprint density at radius 3 is 2.78 bits per heavy atom. The molecule has 1 saturated heterocycles. The normalized spacial score (nSPS) is 18.7. The average molecular weight is 377 g/mol. The number of nitrogens with zero attached hydrogens (tertiary/aromatic N) is 4. The molecule has 1 aromatic carbocycles. The lowest BCUT2D eigenvalue weighted by Crippen LogP contribution is -2.19. The second-order valence-electron chi connectivity index (χ2n) is 6.57. The summed E-state index contributed by atoms with van der Waals surface area (Å²) < 4.78 is 46.4. The van der Waals surface area contributed by atoms with E-state index in [9.17, 15) is 13.2 Å². The summed E-state index contributed by atoms with van der Waals surface area (Å²) >= 11 is 0. The Hall–Kier alpha value is -2.68. The van der Waals surface area contributed by atoms with E-state index in [4.69, 9.17) is 4.74 Å². The fourth-order valence-electron chi connectivity index (χ4n) is 3.31. The third kappa shape index (κ3) is 3.87. The van der Waals surface area contributed by atoms with Crippen molar-refractivity contribution >= 4 is 11.6 Å². The Bertz CT molecular complexity index is 906. The summed E-state index contributed by atoms with van der Waals surface area (Å²) in [5.74, 6) is 0.457. The summed E-state index contributed by atoms with van der Waals surface area (Å²) in [6.45, 7) is 1.38. The van der Waals surface area contributed by atoms with Crippen molar-refractivity contribution in [2.45, 2.75) is 25.1 Å². The van der Waals surface area contributed by atoms with Gasteiger partial charge in [-0.25, -0.2) is 4.98 Å². The Balaban J connectivity index is 1.70. The minimum atomic E-state index is -4.56. The molecule has 1 aliphatic heterocycles. The van der Waals surface area contributed by atoms with Crippen LogP contribution in [0, 0.1) is 5.92 Å². The van der Waals surface area contributed by atoms with Gasteiger partial charge in [-0.3, -0.25) is 0 Å². The molecule has 3 heterocycles. The Labute approximate surface area is 153 Å². The summed E-state index contributed by atoms with van der Waals surface area (Å²) in [7, 11) is 0. The molecular formula is C18H18F3N5O. The van der Waals surface area contributed by atoms with Gasteiger partial charge in [0.2, 0.25) is 0 Å². The molecule has 9 heteroatoms. The summed E-state index contributed by atoms with van der Waals surface area (Å²) in [4.78, 5) is 7.37. The molecule has 4 rings (SSSR count). The molecule has 0 aliphatic carbocycles. The molecule has 3 aromatic rings. The van der Waals surface area contributed by atoms with Crippen molar-refractivity contribution in [2.24, 2.45) is 5.92 Å². The zero-order valence-electron chi connectivity index (χ0n) is 14.4. The second-order valence-corrected chi connectivity index (χ2v) is 6.57. The van der Waals surface area contributed by atoms with Gasteiger partial charge in [0.25, 0.3) is 5.78 Å². The Kier molecular flexibility index (Phi) is 4.69. The third-order valence-electron chi connectivity index (χ3n) is 4.66. The van der Waals surface area contributed by atoms with E-state index in [1.54, 1.807) is 0 Å². The Morgan fingerprint density at radius 2 is 2.07 bits per heavy atom. The van der Waals surface area contributed by atoms with E-state index in [0.29, 0.717) is 19.1 Å². The summed E-state index contributed by atoms with van der Waals surface area (Å²) in [6, 6.07) is 10.4. The molecule has 2 unspecified atom stereocenters. The molecule has 0 bridgehead atoms. The van der Waals surface area contributed by atoms with Crippen LogP contribution in [-0.4, -0.2) is 32.8 Å². The topological polar surface area (TPSA) is 64.3 Å². The van der Waals surface area contributed by atoms with Gasteiger partial charge in [0.1, 0.15) is 12.1 Å². The van der Waals surface area contributed by atoms with Crippen molar-refractivity contribution in [3.05, 3.63) is 54.0 Å². The quantitative estimate of drug-likeness (QED) is 0.734. The van der Waals surface area contributed by atoms with Gasteiger partial charge in [0.05, 0.1) is 6.04 Å². The summed E-state index contributed by atoms with van der Waals surface area (Å²) in [5, 5.41) is 7.24. The zero-order chi connectivity index (χ0) is 18.9. The average Bonchev–Trinajstić information content (AvgIpc) is 3.32. The van der Waals surface area contributed by atoms with Crippen molar-refractivity contribution in [3.63, 3.8) is 0 Å². The van der Waals surface area contributed by atoms with Crippen molar-refractivity contribution in [3.8, 4) is 0 Å². The number of fused-ring (bicyclic) bond motifs is 1. The number of rotatable bonds is 5. The van der Waals surface area contributed by atoms with Crippen LogP contribution in [0.3, 0.4) is 0 Å². The molecule has 2 aromatic heterocycles. The molecule has 1 N–H and O–H groups in total. The number of anilines is 1. The van der Waals surface area contributed by atoms with Crippen LogP contribution in [0.2, 0.25) is 0 Å². The standard InChI is InChI=1S/C18H18F3N5O/c19-18(20,21)15-9-16(26-17(25-15)22-11-23-26)24-14(8-12-6-7-27-10-12)13-4-2-1-3-5-13/h1-5,9,11-12,14,24H,6-8,10H2. The molecule has 0 saturated carbocycles. The first kappa shape index (κ1) is 17.7. The number of hydrogen-bond acceptors (Lipinski definition) is 5. The molecule has 142 valence electrons. The predicted molar refractivity (Wildman–Crippen MR) is 92.1 cm³/mol. The molecule has 1 aliphatic rings. The molecular weight excluding hydrogens is 359 g/mol. The molecule has 0 radical (unpaired) electrons. The second kappa shape index (κ2) is 7.15. The van der Waals surface area contributed by atoms with E-state index in [1.807, 2.05) is 30.3 Å².